The molecule has 2 aromatic carbocycles. The second-order valence-electron chi connectivity index (χ2n) is 17.4. The predicted octanol–water partition coefficient (Wildman–Crippen LogP) is 10.9. The fourth-order valence-corrected chi connectivity index (χ4v) is 13.7. The number of aromatic nitrogens is 3. The van der Waals surface area contributed by atoms with Crippen LogP contribution in [0.15, 0.2) is 29.4 Å². The first kappa shape index (κ1) is 46.7. The topological polar surface area (TPSA) is 99.1 Å². The van der Waals surface area contributed by atoms with Crippen molar-refractivity contribution in [1.82, 2.24) is 19.9 Å². The first-order valence-corrected chi connectivity index (χ1v) is 23.6. The molecule has 0 N–H and O–H groups in total. The Labute approximate surface area is 356 Å². The number of methoxy groups -OCH3 is 1. The summed E-state index contributed by atoms with van der Waals surface area (Å²) in [6.07, 6.45) is 0.288. The molecular formula is C44H57F4N5O5SSi. The van der Waals surface area contributed by atoms with Gasteiger partial charge >= 0.3 is 6.09 Å². The normalized spacial score (nSPS) is 14.9. The number of hydrogen-bond donors (Lipinski definition) is 0. The van der Waals surface area contributed by atoms with Gasteiger partial charge in [0.05, 0.1) is 24.8 Å². The summed E-state index contributed by atoms with van der Waals surface area (Å²) in [6, 6.07) is 6.17. The molecule has 0 spiro atoms. The number of benzene rings is 2. The van der Waals surface area contributed by atoms with Crippen LogP contribution < -0.4 is 14.4 Å². The van der Waals surface area contributed by atoms with Crippen molar-refractivity contribution in [2.45, 2.75) is 116 Å². The van der Waals surface area contributed by atoms with Crippen molar-refractivity contribution < 1.29 is 41.3 Å². The monoisotopic (exact) mass is 871 g/mol. The highest BCUT2D eigenvalue weighted by molar-refractivity contribution is 7.98. The number of rotatable bonds is 11. The van der Waals surface area contributed by atoms with Crippen molar-refractivity contribution in [1.29, 1.82) is 0 Å². The van der Waals surface area contributed by atoms with Crippen LogP contribution >= 0.6 is 11.8 Å². The van der Waals surface area contributed by atoms with Crippen LogP contribution in [-0.2, 0) is 9.47 Å². The van der Waals surface area contributed by atoms with Crippen molar-refractivity contribution in [2.24, 2.45) is 0 Å². The predicted molar refractivity (Wildman–Crippen MR) is 233 cm³/mol. The quantitative estimate of drug-likeness (QED) is 0.0362. The molecule has 5 rings (SSSR count). The fourth-order valence-electron chi connectivity index (χ4n) is 8.12. The lowest BCUT2D eigenvalue weighted by Crippen LogP contribution is -2.44. The second-order valence-corrected chi connectivity index (χ2v) is 23.7. The molecule has 0 atom stereocenters. The lowest BCUT2D eigenvalue weighted by molar-refractivity contribution is -0.0285. The zero-order chi connectivity index (χ0) is 44.5. The van der Waals surface area contributed by atoms with Gasteiger partial charge in [0.25, 0.3) is 5.92 Å². The molecule has 0 unspecified atom stereocenters. The number of carbonyl (C=O) groups is 1. The van der Waals surface area contributed by atoms with Crippen LogP contribution in [0, 0.1) is 23.1 Å². The molecule has 1 aliphatic rings. The van der Waals surface area contributed by atoms with E-state index in [2.05, 4.69) is 63.0 Å². The lowest BCUT2D eigenvalue weighted by atomic mass is 9.95. The highest BCUT2D eigenvalue weighted by Crippen LogP contribution is 2.44. The number of alkyl halides is 2. The highest BCUT2D eigenvalue weighted by atomic mass is 32.2. The Bertz CT molecular complexity index is 2270. The van der Waals surface area contributed by atoms with Gasteiger partial charge in [-0.15, -0.1) is 5.54 Å². The maximum Gasteiger partial charge on any atom is 0.410 e. The number of anilines is 1. The van der Waals surface area contributed by atoms with Gasteiger partial charge in [0.2, 0.25) is 5.88 Å². The van der Waals surface area contributed by atoms with E-state index in [-0.39, 0.29) is 81.1 Å². The molecular weight excluding hydrogens is 815 g/mol. The molecule has 4 aromatic rings. The Kier molecular flexibility index (Phi) is 14.3. The lowest BCUT2D eigenvalue weighted by Gasteiger charge is -2.38. The van der Waals surface area contributed by atoms with Gasteiger partial charge in [-0.05, 0) is 81.1 Å². The van der Waals surface area contributed by atoms with E-state index in [0.717, 1.165) is 16.7 Å². The fraction of sp³-hybridized carbons (Fsp3) is 0.545. The summed E-state index contributed by atoms with van der Waals surface area (Å²) in [7, 11) is -0.906. The summed E-state index contributed by atoms with van der Waals surface area (Å²) in [4.78, 5) is 29.2. The summed E-state index contributed by atoms with van der Waals surface area (Å²) in [6.45, 7) is 19.4. The van der Waals surface area contributed by atoms with Crippen molar-refractivity contribution in [3.8, 4) is 34.4 Å². The zero-order valence-corrected chi connectivity index (χ0v) is 38.7. The van der Waals surface area contributed by atoms with E-state index in [1.807, 2.05) is 0 Å². The van der Waals surface area contributed by atoms with Crippen LogP contribution in [-0.4, -0.2) is 98.0 Å². The molecule has 60 heavy (non-hydrogen) atoms. The third kappa shape index (κ3) is 9.89. The van der Waals surface area contributed by atoms with Crippen LogP contribution in [0.3, 0.4) is 0 Å². The molecule has 1 saturated heterocycles. The Morgan fingerprint density at radius 2 is 1.62 bits per heavy atom. The molecule has 1 amide bonds. The van der Waals surface area contributed by atoms with Gasteiger partial charge in [-0.25, -0.2) is 37.3 Å². The molecule has 10 nitrogen and oxygen atoms in total. The number of fused-ring (bicyclic) bond motifs is 2. The Hall–Kier alpha value is -4.33. The summed E-state index contributed by atoms with van der Waals surface area (Å²) < 4.78 is 88.3. The number of thioether (sulfide) groups is 1. The minimum atomic E-state index is -3.42. The maximum absolute atomic E-state index is 17.7. The Morgan fingerprint density at radius 1 is 0.950 bits per heavy atom. The first-order valence-electron chi connectivity index (χ1n) is 20.2. The first-order chi connectivity index (χ1) is 28.0. The number of pyridine rings is 1. The number of halogens is 4. The molecule has 0 aliphatic carbocycles. The van der Waals surface area contributed by atoms with E-state index in [1.165, 1.54) is 18.1 Å². The van der Waals surface area contributed by atoms with E-state index >= 15 is 17.6 Å². The van der Waals surface area contributed by atoms with E-state index in [0.29, 0.717) is 16.5 Å². The number of ether oxygens (including phenoxy) is 4. The maximum atomic E-state index is 17.7. The standard InChI is InChI=1S/C44H57F4N5O5SSi/c1-25(2)57-40-35-38(50-41(59-13)51-39(35)52-17-18-53(23-44(47,48)22-52)42(54)58-43(9,10)11)36(46)37(49-40)32-21-30(56-24-55-12)20-29-14-15-33(45)31(34(29)32)16-19-60(26(3)4,27(5)6)28(7)8/h14-15,20-21,25-28H,17-18,22-24H2,1-13H3. The van der Waals surface area contributed by atoms with Crippen molar-refractivity contribution in [3.05, 3.63) is 41.5 Å². The Morgan fingerprint density at radius 3 is 2.20 bits per heavy atom. The summed E-state index contributed by atoms with van der Waals surface area (Å²) >= 11 is 1.10. The smallest absolute Gasteiger partial charge is 0.410 e. The molecule has 326 valence electrons. The van der Waals surface area contributed by atoms with Gasteiger partial charge in [-0.1, -0.05) is 65.3 Å². The Balaban J connectivity index is 1.84. The van der Waals surface area contributed by atoms with Gasteiger partial charge in [-0.3, -0.25) is 0 Å². The number of nitrogens with zero attached hydrogens (tertiary/aromatic N) is 5. The third-order valence-corrected chi connectivity index (χ3v) is 17.4. The number of amides is 1. The van der Waals surface area contributed by atoms with Gasteiger partial charge in [-0.2, -0.15) is 0 Å². The van der Waals surface area contributed by atoms with Crippen LogP contribution in [0.25, 0.3) is 32.9 Å². The minimum Gasteiger partial charge on any atom is -0.474 e. The third-order valence-electron chi connectivity index (χ3n) is 10.6. The summed E-state index contributed by atoms with van der Waals surface area (Å²) in [5, 5.41) is 0.879. The van der Waals surface area contributed by atoms with Crippen LogP contribution in [0.5, 0.6) is 11.6 Å². The van der Waals surface area contributed by atoms with E-state index in [4.69, 9.17) is 23.9 Å². The summed E-state index contributed by atoms with van der Waals surface area (Å²) in [5.74, 6) is -1.52. The largest absolute Gasteiger partial charge is 0.474 e. The van der Waals surface area contributed by atoms with Gasteiger partial charge < -0.3 is 28.7 Å². The van der Waals surface area contributed by atoms with Crippen molar-refractivity contribution in [3.63, 3.8) is 0 Å². The zero-order valence-electron chi connectivity index (χ0n) is 36.9. The van der Waals surface area contributed by atoms with Gasteiger partial charge in [0.1, 0.15) is 47.7 Å². The molecule has 1 fully saturated rings. The number of carbonyl (C=O) groups excluding carboxylic acids is 1. The molecule has 0 bridgehead atoms. The summed E-state index contributed by atoms with van der Waals surface area (Å²) in [5.41, 5.74) is 3.25. The van der Waals surface area contributed by atoms with E-state index in [1.54, 1.807) is 59.1 Å². The van der Waals surface area contributed by atoms with Crippen molar-refractivity contribution in [2.75, 3.05) is 51.2 Å². The van der Waals surface area contributed by atoms with E-state index in [9.17, 15) is 4.79 Å². The van der Waals surface area contributed by atoms with Crippen LogP contribution in [0.2, 0.25) is 16.6 Å². The minimum absolute atomic E-state index is 0.0341. The van der Waals surface area contributed by atoms with Crippen LogP contribution in [0.4, 0.5) is 28.2 Å². The van der Waals surface area contributed by atoms with Gasteiger partial charge in [0, 0.05) is 31.1 Å². The number of hydrogen-bond acceptors (Lipinski definition) is 10. The highest BCUT2D eigenvalue weighted by Gasteiger charge is 2.43. The molecule has 1 aliphatic heterocycles. The van der Waals surface area contributed by atoms with Crippen molar-refractivity contribution >= 4 is 53.4 Å². The van der Waals surface area contributed by atoms with Gasteiger partial charge in [0.15, 0.2) is 17.8 Å². The molecule has 3 heterocycles. The molecule has 0 saturated carbocycles. The average molecular weight is 872 g/mol. The molecule has 0 radical (unpaired) electrons. The molecule has 2 aromatic heterocycles. The second kappa shape index (κ2) is 18.3. The SMILES string of the molecule is COCOc1cc(-c2nc(OC(C)C)c3c(N4CCN(C(=O)OC(C)(C)C)CC(F)(F)C4)nc(SC)nc3c2F)c2c(C#C[Si](C(C)C)(C(C)C)C(C)C)c(F)ccc2c1. The average Bonchev–Trinajstić information content (AvgIpc) is 3.31. The van der Waals surface area contributed by atoms with E-state index < -0.39 is 56.5 Å². The molecule has 16 heteroatoms. The van der Waals surface area contributed by atoms with Crippen LogP contribution in [0.1, 0.15) is 81.7 Å².